The quantitative estimate of drug-likeness (QED) is 0.359. The summed E-state index contributed by atoms with van der Waals surface area (Å²) in [4.78, 5) is 17.1. The molecular weight excluding hydrogens is 248 g/mol. The summed E-state index contributed by atoms with van der Waals surface area (Å²) in [6, 6.07) is 15.5. The average Bonchev–Trinajstić information content (AvgIpc) is 2.51. The highest BCUT2D eigenvalue weighted by Crippen LogP contribution is 2.24. The Hall–Kier alpha value is -2.68. The van der Waals surface area contributed by atoms with Crippen molar-refractivity contribution in [2.24, 2.45) is 7.05 Å². The van der Waals surface area contributed by atoms with Crippen molar-refractivity contribution in [1.82, 2.24) is 9.55 Å². The lowest BCUT2D eigenvalue weighted by Gasteiger charge is -2.11. The molecule has 0 atom stereocenters. The van der Waals surface area contributed by atoms with Gasteiger partial charge in [0.2, 0.25) is 0 Å². The van der Waals surface area contributed by atoms with E-state index in [9.17, 15) is 4.79 Å². The summed E-state index contributed by atoms with van der Waals surface area (Å²) in [5, 5.41) is 2.51. The second-order valence-corrected chi connectivity index (χ2v) is 4.94. The fourth-order valence-electron chi connectivity index (χ4n) is 2.88. The summed E-state index contributed by atoms with van der Waals surface area (Å²) in [5.74, 6) is 0. The molecule has 20 heavy (non-hydrogen) atoms. The Bertz CT molecular complexity index is 1030. The lowest BCUT2D eigenvalue weighted by molar-refractivity contribution is 1.00. The molecule has 0 aliphatic heterocycles. The molecule has 0 bridgehead atoms. The summed E-state index contributed by atoms with van der Waals surface area (Å²) in [6.45, 7) is 0. The van der Waals surface area contributed by atoms with Crippen LogP contribution >= 0.6 is 0 Å². The highest BCUT2D eigenvalue weighted by Gasteiger charge is 2.11. The van der Waals surface area contributed by atoms with Gasteiger partial charge in [-0.15, -0.1) is 0 Å². The van der Waals surface area contributed by atoms with E-state index in [2.05, 4.69) is 9.55 Å². The van der Waals surface area contributed by atoms with Crippen LogP contribution < -0.4 is 5.43 Å². The molecule has 0 aliphatic rings. The van der Waals surface area contributed by atoms with Gasteiger partial charge in [-0.3, -0.25) is 9.78 Å². The third-order valence-electron chi connectivity index (χ3n) is 3.84. The van der Waals surface area contributed by atoms with Gasteiger partial charge in [0.25, 0.3) is 0 Å². The topological polar surface area (TPSA) is 34.9 Å². The first-order valence-corrected chi connectivity index (χ1v) is 6.52. The van der Waals surface area contributed by atoms with Gasteiger partial charge in [0.15, 0.2) is 5.43 Å². The van der Waals surface area contributed by atoms with Gasteiger partial charge in [-0.2, -0.15) is 0 Å². The van der Waals surface area contributed by atoms with Gasteiger partial charge < -0.3 is 4.57 Å². The van der Waals surface area contributed by atoms with E-state index >= 15 is 0 Å². The van der Waals surface area contributed by atoms with Crippen molar-refractivity contribution < 1.29 is 0 Å². The first-order valence-electron chi connectivity index (χ1n) is 6.52. The number of para-hydroxylation sites is 1. The molecule has 0 unspecified atom stereocenters. The predicted molar refractivity (Wildman–Crippen MR) is 82.0 cm³/mol. The third-order valence-corrected chi connectivity index (χ3v) is 3.84. The summed E-state index contributed by atoms with van der Waals surface area (Å²) in [6.07, 6.45) is 1.77. The van der Waals surface area contributed by atoms with E-state index < -0.39 is 0 Å². The van der Waals surface area contributed by atoms with E-state index in [0.717, 1.165) is 32.7 Å². The normalized spacial score (nSPS) is 11.4. The Morgan fingerprint density at radius 3 is 2.70 bits per heavy atom. The molecule has 96 valence electrons. The number of fused-ring (bicyclic) bond motifs is 4. The summed E-state index contributed by atoms with van der Waals surface area (Å²) in [5.41, 5.74) is 2.77. The lowest BCUT2D eigenvalue weighted by atomic mass is 10.1. The fourth-order valence-corrected chi connectivity index (χ4v) is 2.88. The molecule has 2 heterocycles. The van der Waals surface area contributed by atoms with E-state index in [1.807, 2.05) is 55.6 Å². The SMILES string of the molecule is Cn1c2ccccc2c(=O)c2ccc3cccnc3c21. The minimum atomic E-state index is 0.0706. The van der Waals surface area contributed by atoms with Gasteiger partial charge in [0.05, 0.1) is 16.6 Å². The van der Waals surface area contributed by atoms with E-state index in [4.69, 9.17) is 0 Å². The molecule has 0 amide bonds. The monoisotopic (exact) mass is 260 g/mol. The number of nitrogens with zero attached hydrogens (tertiary/aromatic N) is 2. The molecule has 3 nitrogen and oxygen atoms in total. The van der Waals surface area contributed by atoms with Crippen molar-refractivity contribution in [1.29, 1.82) is 0 Å². The van der Waals surface area contributed by atoms with Crippen LogP contribution in [0.2, 0.25) is 0 Å². The van der Waals surface area contributed by atoms with Crippen molar-refractivity contribution >= 4 is 32.7 Å². The smallest absolute Gasteiger partial charge is 0.197 e. The largest absolute Gasteiger partial charge is 0.342 e. The van der Waals surface area contributed by atoms with E-state index in [1.54, 1.807) is 6.20 Å². The van der Waals surface area contributed by atoms with Crippen molar-refractivity contribution in [2.75, 3.05) is 0 Å². The van der Waals surface area contributed by atoms with Crippen LogP contribution in [0.15, 0.2) is 59.5 Å². The van der Waals surface area contributed by atoms with Crippen LogP contribution in [-0.2, 0) is 7.05 Å². The highest BCUT2D eigenvalue weighted by atomic mass is 16.1. The van der Waals surface area contributed by atoms with Gasteiger partial charge in [0, 0.05) is 29.4 Å². The third kappa shape index (κ3) is 1.35. The van der Waals surface area contributed by atoms with Gasteiger partial charge in [-0.05, 0) is 24.3 Å². The predicted octanol–water partition coefficient (Wildman–Crippen LogP) is 3.24. The van der Waals surface area contributed by atoms with Crippen LogP contribution in [0.5, 0.6) is 0 Å². The highest BCUT2D eigenvalue weighted by molar-refractivity contribution is 6.06. The molecule has 0 fully saturated rings. The molecule has 0 saturated carbocycles. The van der Waals surface area contributed by atoms with Crippen LogP contribution in [0.25, 0.3) is 32.7 Å². The van der Waals surface area contributed by atoms with Crippen molar-refractivity contribution in [3.63, 3.8) is 0 Å². The van der Waals surface area contributed by atoms with E-state index in [1.165, 1.54) is 0 Å². The lowest BCUT2D eigenvalue weighted by Crippen LogP contribution is -2.09. The molecule has 4 rings (SSSR count). The standard InChI is InChI=1S/C17H12N2O/c1-19-14-7-3-2-6-12(14)17(20)13-9-8-11-5-4-10-18-15(11)16(13)19/h2-10H,1H3. The van der Waals surface area contributed by atoms with Crippen LogP contribution in [0, 0.1) is 0 Å². The minimum Gasteiger partial charge on any atom is -0.342 e. The molecule has 2 aromatic carbocycles. The Morgan fingerprint density at radius 1 is 0.950 bits per heavy atom. The molecule has 0 aliphatic carbocycles. The van der Waals surface area contributed by atoms with Crippen LogP contribution in [0.3, 0.4) is 0 Å². The average molecular weight is 260 g/mol. The zero-order valence-corrected chi connectivity index (χ0v) is 11.0. The minimum absolute atomic E-state index is 0.0706. The maximum atomic E-state index is 12.6. The number of hydrogen-bond acceptors (Lipinski definition) is 2. The molecule has 0 radical (unpaired) electrons. The van der Waals surface area contributed by atoms with Gasteiger partial charge in [0.1, 0.15) is 0 Å². The van der Waals surface area contributed by atoms with Gasteiger partial charge in [-0.25, -0.2) is 0 Å². The Balaban J connectivity index is 2.42. The van der Waals surface area contributed by atoms with E-state index in [-0.39, 0.29) is 5.43 Å². The molecule has 4 aromatic rings. The Morgan fingerprint density at radius 2 is 1.80 bits per heavy atom. The first kappa shape index (κ1) is 11.2. The summed E-state index contributed by atoms with van der Waals surface area (Å²) >= 11 is 0. The zero-order chi connectivity index (χ0) is 13.7. The number of benzene rings is 2. The second kappa shape index (κ2) is 3.90. The van der Waals surface area contributed by atoms with Crippen molar-refractivity contribution in [3.8, 4) is 0 Å². The zero-order valence-electron chi connectivity index (χ0n) is 11.0. The molecule has 0 saturated heterocycles. The number of hydrogen-bond donors (Lipinski definition) is 0. The molecule has 0 N–H and O–H groups in total. The Kier molecular flexibility index (Phi) is 2.18. The Labute approximate surface area is 115 Å². The molecule has 3 heteroatoms. The van der Waals surface area contributed by atoms with Crippen molar-refractivity contribution in [2.45, 2.75) is 0 Å². The second-order valence-electron chi connectivity index (χ2n) is 4.94. The number of rotatable bonds is 0. The fraction of sp³-hybridized carbons (Fsp3) is 0.0588. The number of aryl methyl sites for hydroxylation is 1. The van der Waals surface area contributed by atoms with E-state index in [0.29, 0.717) is 0 Å². The van der Waals surface area contributed by atoms with Crippen LogP contribution in [0.1, 0.15) is 0 Å². The molecule has 2 aromatic heterocycles. The van der Waals surface area contributed by atoms with Crippen LogP contribution in [-0.4, -0.2) is 9.55 Å². The molecular formula is C17H12N2O. The first-order chi connectivity index (χ1) is 9.77. The van der Waals surface area contributed by atoms with Crippen LogP contribution in [0.4, 0.5) is 0 Å². The molecule has 0 spiro atoms. The van der Waals surface area contributed by atoms with Gasteiger partial charge >= 0.3 is 0 Å². The van der Waals surface area contributed by atoms with Crippen molar-refractivity contribution in [3.05, 3.63) is 65.0 Å². The number of aromatic nitrogens is 2. The number of pyridine rings is 2. The summed E-state index contributed by atoms with van der Waals surface area (Å²) < 4.78 is 2.06. The maximum absolute atomic E-state index is 12.6. The summed E-state index contributed by atoms with van der Waals surface area (Å²) in [7, 11) is 1.98. The van der Waals surface area contributed by atoms with Gasteiger partial charge in [-0.1, -0.05) is 24.3 Å². The maximum Gasteiger partial charge on any atom is 0.197 e.